The molecule has 0 spiro atoms. The molecule has 9 heteroatoms. The fourth-order valence-electron chi connectivity index (χ4n) is 3.77. The first-order valence-electron chi connectivity index (χ1n) is 10.8. The minimum Gasteiger partial charge on any atom is -0.354 e. The number of anilines is 5. The number of hydrogen-bond donors (Lipinski definition) is 2. The van der Waals surface area contributed by atoms with Gasteiger partial charge in [-0.15, -0.1) is 0 Å². The highest BCUT2D eigenvalue weighted by Gasteiger charge is 2.22. The van der Waals surface area contributed by atoms with E-state index >= 15 is 0 Å². The maximum atomic E-state index is 4.81. The zero-order valence-electron chi connectivity index (χ0n) is 18.5. The number of piperazine rings is 1. The van der Waals surface area contributed by atoms with E-state index in [-0.39, 0.29) is 0 Å². The molecule has 4 aromatic heterocycles. The van der Waals surface area contributed by atoms with Gasteiger partial charge in [-0.25, -0.2) is 9.97 Å². The molecule has 1 fully saturated rings. The number of fused-ring (bicyclic) bond motifs is 1. The van der Waals surface area contributed by atoms with E-state index in [9.17, 15) is 0 Å². The number of nitrogens with zero attached hydrogens (tertiary/aromatic N) is 7. The highest BCUT2D eigenvalue weighted by atomic mass is 15.3. The summed E-state index contributed by atoms with van der Waals surface area (Å²) in [4.78, 5) is 23.0. The lowest BCUT2D eigenvalue weighted by Crippen LogP contribution is -2.50. The van der Waals surface area contributed by atoms with Gasteiger partial charge in [-0.3, -0.25) is 0 Å². The summed E-state index contributed by atoms with van der Waals surface area (Å²) in [5.74, 6) is 2.82. The molecule has 5 heterocycles. The quantitative estimate of drug-likeness (QED) is 0.499. The molecule has 5 rings (SSSR count). The van der Waals surface area contributed by atoms with E-state index in [0.29, 0.717) is 23.6 Å². The van der Waals surface area contributed by atoms with Gasteiger partial charge in [-0.2, -0.15) is 9.97 Å². The maximum Gasteiger partial charge on any atom is 0.232 e. The molecule has 0 unspecified atom stereocenters. The predicted molar refractivity (Wildman–Crippen MR) is 127 cm³/mol. The van der Waals surface area contributed by atoms with Gasteiger partial charge in [-0.1, -0.05) is 6.07 Å². The number of pyridine rings is 2. The summed E-state index contributed by atoms with van der Waals surface area (Å²) in [6, 6.07) is 10.4. The van der Waals surface area contributed by atoms with Gasteiger partial charge in [0.25, 0.3) is 0 Å². The lowest BCUT2D eigenvalue weighted by atomic mass is 10.2. The van der Waals surface area contributed by atoms with Crippen molar-refractivity contribution >= 4 is 34.7 Å². The number of likely N-dealkylation sites (N-methyl/N-ethyl adjacent to an activating group) is 1. The first-order valence-corrected chi connectivity index (χ1v) is 10.8. The number of rotatable bonds is 5. The van der Waals surface area contributed by atoms with Crippen LogP contribution in [0.15, 0.2) is 55.1 Å². The summed E-state index contributed by atoms with van der Waals surface area (Å²) in [5, 5.41) is 6.67. The topological polar surface area (TPSA) is 86.5 Å². The van der Waals surface area contributed by atoms with Crippen LogP contribution in [0.5, 0.6) is 0 Å². The van der Waals surface area contributed by atoms with Gasteiger partial charge in [0.15, 0.2) is 0 Å². The molecule has 0 aliphatic carbocycles. The number of hydrogen-bond acceptors (Lipinski definition) is 8. The van der Waals surface area contributed by atoms with Crippen molar-refractivity contribution in [1.82, 2.24) is 29.2 Å². The summed E-state index contributed by atoms with van der Waals surface area (Å²) in [6.45, 7) is 7.07. The van der Waals surface area contributed by atoms with Gasteiger partial charge < -0.3 is 24.8 Å². The molecule has 0 amide bonds. The van der Waals surface area contributed by atoms with Crippen LogP contribution in [-0.4, -0.2) is 62.0 Å². The minimum atomic E-state index is 0.452. The summed E-state index contributed by atoms with van der Waals surface area (Å²) >= 11 is 0. The number of aryl methyl sites for hydroxylation is 1. The monoisotopic (exact) mass is 429 g/mol. The molecule has 9 nitrogen and oxygen atoms in total. The Bertz CT molecular complexity index is 1220. The van der Waals surface area contributed by atoms with Crippen molar-refractivity contribution in [2.75, 3.05) is 42.2 Å². The Balaban J connectivity index is 1.47. The van der Waals surface area contributed by atoms with E-state index in [1.54, 1.807) is 6.20 Å². The summed E-state index contributed by atoms with van der Waals surface area (Å²) in [5.41, 5.74) is 2.90. The van der Waals surface area contributed by atoms with Crippen molar-refractivity contribution in [2.24, 2.45) is 0 Å². The van der Waals surface area contributed by atoms with E-state index < -0.39 is 0 Å². The average Bonchev–Trinajstić information content (AvgIpc) is 3.25. The molecule has 1 atom stereocenters. The van der Waals surface area contributed by atoms with Gasteiger partial charge in [0.05, 0.1) is 0 Å². The van der Waals surface area contributed by atoms with E-state index in [1.165, 1.54) is 0 Å². The molecule has 1 aliphatic rings. The third kappa shape index (κ3) is 4.33. The van der Waals surface area contributed by atoms with Gasteiger partial charge in [0.1, 0.15) is 23.1 Å². The van der Waals surface area contributed by atoms with Crippen LogP contribution in [0.2, 0.25) is 0 Å². The van der Waals surface area contributed by atoms with Crippen molar-refractivity contribution in [3.05, 3.63) is 60.7 Å². The van der Waals surface area contributed by atoms with Crippen molar-refractivity contribution in [2.45, 2.75) is 19.9 Å². The smallest absolute Gasteiger partial charge is 0.232 e. The second-order valence-corrected chi connectivity index (χ2v) is 8.29. The first-order chi connectivity index (χ1) is 15.5. The highest BCUT2D eigenvalue weighted by molar-refractivity contribution is 5.65. The Morgan fingerprint density at radius 2 is 1.88 bits per heavy atom. The van der Waals surface area contributed by atoms with Crippen molar-refractivity contribution < 1.29 is 0 Å². The zero-order valence-corrected chi connectivity index (χ0v) is 18.5. The number of nitrogens with one attached hydrogen (secondary N) is 2. The number of aromatic nitrogens is 5. The Morgan fingerprint density at radius 3 is 2.69 bits per heavy atom. The lowest BCUT2D eigenvalue weighted by Gasteiger charge is -2.38. The Labute approximate surface area is 187 Å². The highest BCUT2D eigenvalue weighted by Crippen LogP contribution is 2.25. The van der Waals surface area contributed by atoms with Crippen LogP contribution < -0.4 is 15.5 Å². The first kappa shape index (κ1) is 20.2. The molecule has 1 saturated heterocycles. The second-order valence-electron chi connectivity index (χ2n) is 8.29. The van der Waals surface area contributed by atoms with E-state index in [1.807, 2.05) is 60.2 Å². The lowest BCUT2D eigenvalue weighted by molar-refractivity contribution is 0.233. The van der Waals surface area contributed by atoms with E-state index in [0.717, 1.165) is 42.4 Å². The summed E-state index contributed by atoms with van der Waals surface area (Å²) in [6.07, 6.45) is 7.51. The Kier molecular flexibility index (Phi) is 5.32. The fraction of sp³-hybridized carbons (Fsp3) is 0.304. The van der Waals surface area contributed by atoms with E-state index in [2.05, 4.69) is 44.4 Å². The van der Waals surface area contributed by atoms with Crippen LogP contribution in [-0.2, 0) is 0 Å². The van der Waals surface area contributed by atoms with Crippen LogP contribution in [0.1, 0.15) is 12.5 Å². The molecule has 0 radical (unpaired) electrons. The van der Waals surface area contributed by atoms with Crippen LogP contribution in [0.3, 0.4) is 0 Å². The molecule has 0 bridgehead atoms. The van der Waals surface area contributed by atoms with Crippen molar-refractivity contribution in [1.29, 1.82) is 0 Å². The molecule has 2 N–H and O–H groups in total. The maximum absolute atomic E-state index is 4.81. The molecule has 32 heavy (non-hydrogen) atoms. The van der Waals surface area contributed by atoms with Crippen LogP contribution >= 0.6 is 0 Å². The number of imidazole rings is 1. The standard InChI is InChI=1S/C23H27N9/c1-16-4-5-19(25-14-16)27-23-28-20(26-18-6-8-31-9-7-24-21(31)12-18)13-22(29-23)32-11-10-30(3)17(2)15-32/h4-9,12-14,17H,10-11,15H2,1-3H3,(H2,25,26,27,28,29)/t17-/m0/s1. The van der Waals surface area contributed by atoms with Gasteiger partial charge in [0, 0.05) is 68.3 Å². The van der Waals surface area contributed by atoms with Crippen LogP contribution in [0.4, 0.5) is 29.1 Å². The molecule has 4 aromatic rings. The van der Waals surface area contributed by atoms with E-state index in [4.69, 9.17) is 9.97 Å². The molecular formula is C23H27N9. The van der Waals surface area contributed by atoms with Crippen molar-refractivity contribution in [3.63, 3.8) is 0 Å². The normalized spacial score (nSPS) is 17.0. The third-order valence-electron chi connectivity index (χ3n) is 5.82. The van der Waals surface area contributed by atoms with Crippen LogP contribution in [0.25, 0.3) is 5.65 Å². The largest absolute Gasteiger partial charge is 0.354 e. The summed E-state index contributed by atoms with van der Waals surface area (Å²) < 4.78 is 1.97. The zero-order chi connectivity index (χ0) is 22.1. The fourth-order valence-corrected chi connectivity index (χ4v) is 3.77. The molecule has 0 aromatic carbocycles. The SMILES string of the molecule is Cc1ccc(Nc2nc(Nc3ccn4ccnc4c3)cc(N3CCN(C)[C@@H](C)C3)n2)nc1. The third-order valence-corrected chi connectivity index (χ3v) is 5.82. The Hall–Kier alpha value is -3.72. The molecule has 164 valence electrons. The molecule has 0 saturated carbocycles. The van der Waals surface area contributed by atoms with Gasteiger partial charge >= 0.3 is 0 Å². The predicted octanol–water partition coefficient (Wildman–Crippen LogP) is 3.46. The molecular weight excluding hydrogens is 402 g/mol. The minimum absolute atomic E-state index is 0.452. The van der Waals surface area contributed by atoms with Crippen molar-refractivity contribution in [3.8, 4) is 0 Å². The molecule has 1 aliphatic heterocycles. The van der Waals surface area contributed by atoms with Gasteiger partial charge in [0.2, 0.25) is 5.95 Å². The second kappa shape index (κ2) is 8.43. The summed E-state index contributed by atoms with van der Waals surface area (Å²) in [7, 11) is 2.16. The average molecular weight is 430 g/mol. The Morgan fingerprint density at radius 1 is 0.969 bits per heavy atom. The van der Waals surface area contributed by atoms with Gasteiger partial charge in [-0.05, 0) is 38.6 Å². The van der Waals surface area contributed by atoms with Crippen LogP contribution in [0, 0.1) is 6.92 Å².